The minimum absolute atomic E-state index is 0.0271. The number of nitriles is 1. The maximum atomic E-state index is 13.1. The molecule has 0 saturated carbocycles. The van der Waals surface area contributed by atoms with Crippen LogP contribution in [-0.4, -0.2) is 122 Å². The summed E-state index contributed by atoms with van der Waals surface area (Å²) in [6.45, 7) is 2.43. The Balaban J connectivity index is 0.716. The lowest BCUT2D eigenvalue weighted by Gasteiger charge is -2.11. The number of amides is 3. The molecule has 7 aromatic rings. The number of aromatic amines is 1. The van der Waals surface area contributed by atoms with Crippen molar-refractivity contribution in [3.05, 3.63) is 131 Å². The van der Waals surface area contributed by atoms with E-state index in [1.165, 1.54) is 47.5 Å². The topological polar surface area (TPSA) is 310 Å². The summed E-state index contributed by atoms with van der Waals surface area (Å²) in [6, 6.07) is 20.6. The van der Waals surface area contributed by atoms with Crippen molar-refractivity contribution in [2.24, 2.45) is 5.73 Å². The zero-order chi connectivity index (χ0) is 54.2. The van der Waals surface area contributed by atoms with Crippen LogP contribution in [-0.2, 0) is 40.3 Å². The van der Waals surface area contributed by atoms with Crippen LogP contribution < -0.4 is 26.4 Å². The number of aromatic nitrogens is 5. The van der Waals surface area contributed by atoms with Gasteiger partial charge in [0, 0.05) is 48.5 Å². The number of primary amides is 1. The quantitative estimate of drug-likeness (QED) is 0.0240. The number of alkyl halides is 3. The molecule has 76 heavy (non-hydrogen) atoms. The van der Waals surface area contributed by atoms with Crippen LogP contribution in [0.15, 0.2) is 107 Å². The second kappa shape index (κ2) is 25.6. The molecule has 4 heterocycles. The number of ketones is 1. The first kappa shape index (κ1) is 55.3. The van der Waals surface area contributed by atoms with E-state index in [1.54, 1.807) is 48.5 Å². The lowest BCUT2D eigenvalue weighted by atomic mass is 10.1. The fourth-order valence-electron chi connectivity index (χ4n) is 7.27. The Morgan fingerprint density at radius 3 is 2.28 bits per heavy atom. The summed E-state index contributed by atoms with van der Waals surface area (Å²) in [5.41, 5.74) is 8.89. The maximum absolute atomic E-state index is 13.1. The third kappa shape index (κ3) is 15.3. The van der Waals surface area contributed by atoms with E-state index >= 15 is 0 Å². The van der Waals surface area contributed by atoms with Crippen LogP contribution in [0.4, 0.5) is 30.4 Å². The minimum Gasteiger partial charge on any atom is -0.444 e. The lowest BCUT2D eigenvalue weighted by Crippen LogP contribution is -2.27. The molecule has 0 radical (unpaired) electrons. The van der Waals surface area contributed by atoms with Gasteiger partial charge in [0.2, 0.25) is 11.8 Å². The fraction of sp³-hybridized carbons (Fsp3) is 0.280. The lowest BCUT2D eigenvalue weighted by molar-refractivity contribution is -0.126. The number of carbonyl (C=O) groups is 4. The van der Waals surface area contributed by atoms with Crippen molar-refractivity contribution >= 4 is 61.6 Å². The van der Waals surface area contributed by atoms with Gasteiger partial charge in [0.05, 0.1) is 78.9 Å². The van der Waals surface area contributed by atoms with Crippen LogP contribution in [0.5, 0.6) is 0 Å². The normalized spacial score (nSPS) is 11.6. The Hall–Kier alpha value is -8.48. The van der Waals surface area contributed by atoms with Gasteiger partial charge in [0.25, 0.3) is 21.8 Å². The summed E-state index contributed by atoms with van der Waals surface area (Å²) in [7, 11) is -3.95. The molecule has 22 nitrogen and oxygen atoms in total. The molecule has 4 aromatic heterocycles. The SMILES string of the molecule is Cc1ccc(NS(=O)(=O)c2ccc(CNC(=O)COCCOCCOCCOCCCC(=O)c3ccc(-n4cc(NC(=O)c5coc(-c6ccnc(NCC(F)(F)F)c6)n5)c(C(N)=O)n4)cc3)cc2)c2[nH]cc(C#N)c12. The number of nitrogens with one attached hydrogen (secondary N) is 5. The molecule has 0 spiro atoms. The van der Waals surface area contributed by atoms with Gasteiger partial charge in [-0.3, -0.25) is 23.9 Å². The van der Waals surface area contributed by atoms with Crippen LogP contribution in [0.1, 0.15) is 60.9 Å². The molecule has 0 atom stereocenters. The third-order valence-electron chi connectivity index (χ3n) is 11.0. The number of hydrogen-bond donors (Lipinski definition) is 6. The zero-order valence-corrected chi connectivity index (χ0v) is 41.4. The summed E-state index contributed by atoms with van der Waals surface area (Å²) in [6.07, 6.45) is 1.37. The Morgan fingerprint density at radius 1 is 0.895 bits per heavy atom. The summed E-state index contributed by atoms with van der Waals surface area (Å²) >= 11 is 0. The number of hydrogen-bond acceptors (Lipinski definition) is 16. The monoisotopic (exact) mass is 1070 g/mol. The van der Waals surface area contributed by atoms with Gasteiger partial charge in [-0.2, -0.15) is 23.5 Å². The molecule has 3 aromatic carbocycles. The van der Waals surface area contributed by atoms with Crippen LogP contribution in [0, 0.1) is 18.3 Å². The van der Waals surface area contributed by atoms with Crippen LogP contribution in [0.2, 0.25) is 0 Å². The number of ether oxygens (including phenoxy) is 4. The number of aryl methyl sites for hydroxylation is 1. The molecule has 0 saturated heterocycles. The molecule has 7 N–H and O–H groups in total. The highest BCUT2D eigenvalue weighted by molar-refractivity contribution is 7.92. The van der Waals surface area contributed by atoms with Gasteiger partial charge in [0.15, 0.2) is 17.2 Å². The van der Waals surface area contributed by atoms with E-state index in [0.29, 0.717) is 78.4 Å². The Morgan fingerprint density at radius 2 is 1.59 bits per heavy atom. The van der Waals surface area contributed by atoms with Gasteiger partial charge < -0.3 is 50.0 Å². The largest absolute Gasteiger partial charge is 0.444 e. The molecular formula is C50H50F3N11O11S. The number of pyridine rings is 1. The standard InChI is InChI=1S/C50H50F3N11O11S/c1-31-4-13-38(45-44(31)35(24-54)26-58-45)63-76(69,70)37-11-5-32(6-12-37)25-57-43(66)29-74-22-21-73-20-19-72-18-17-71-16-2-3-41(65)33-7-9-36(10-8-33)64-27-39(46(62-64)47(55)67)60-48(68)40-28-75-49(61-40)34-14-15-56-42(23-34)59-30-50(51,52)53/h4-15,23,26-28,58,63H,2-3,16-22,25,29-30H2,1H3,(H2,55,67)(H,56,59)(H,57,66)(H,60,68). The van der Waals surface area contributed by atoms with Crippen molar-refractivity contribution in [3.8, 4) is 23.2 Å². The molecular weight excluding hydrogens is 1020 g/mol. The number of nitrogens with zero attached hydrogens (tertiary/aromatic N) is 5. The van der Waals surface area contributed by atoms with Gasteiger partial charge in [-0.1, -0.05) is 18.2 Å². The van der Waals surface area contributed by atoms with E-state index in [2.05, 4.69) is 46.8 Å². The predicted molar refractivity (Wildman–Crippen MR) is 268 cm³/mol. The first-order chi connectivity index (χ1) is 36.5. The molecule has 3 amide bonds. The molecule has 7 rings (SSSR count). The molecule has 26 heteroatoms. The van der Waals surface area contributed by atoms with Gasteiger partial charge >= 0.3 is 6.18 Å². The summed E-state index contributed by atoms with van der Waals surface area (Å²) in [5.74, 6) is -2.39. The highest BCUT2D eigenvalue weighted by Crippen LogP contribution is 2.30. The summed E-state index contributed by atoms with van der Waals surface area (Å²) in [4.78, 5) is 61.4. The Labute approximate surface area is 432 Å². The second-order valence-electron chi connectivity index (χ2n) is 16.6. The van der Waals surface area contributed by atoms with E-state index < -0.39 is 34.6 Å². The predicted octanol–water partition coefficient (Wildman–Crippen LogP) is 6.06. The number of anilines is 3. The third-order valence-corrected chi connectivity index (χ3v) is 12.4. The molecule has 0 aliphatic carbocycles. The first-order valence-electron chi connectivity index (χ1n) is 23.2. The molecule has 0 bridgehead atoms. The van der Waals surface area contributed by atoms with E-state index in [4.69, 9.17) is 29.1 Å². The van der Waals surface area contributed by atoms with E-state index in [1.807, 2.05) is 6.92 Å². The van der Waals surface area contributed by atoms with Crippen molar-refractivity contribution in [1.82, 2.24) is 30.0 Å². The first-order valence-corrected chi connectivity index (χ1v) is 24.7. The Bertz CT molecular complexity index is 3320. The zero-order valence-electron chi connectivity index (χ0n) is 40.6. The number of carbonyl (C=O) groups excluding carboxylic acids is 4. The molecule has 398 valence electrons. The minimum atomic E-state index is -4.47. The number of rotatable bonds is 28. The average Bonchev–Trinajstić information content (AvgIpc) is 4.19. The van der Waals surface area contributed by atoms with Crippen LogP contribution >= 0.6 is 0 Å². The van der Waals surface area contributed by atoms with Crippen molar-refractivity contribution < 1.29 is 64.1 Å². The number of Topliss-reactive ketones (excluding diaryl/α,β-unsaturated/α-hetero) is 1. The Kier molecular flexibility index (Phi) is 18.7. The highest BCUT2D eigenvalue weighted by atomic mass is 32.2. The molecule has 0 fully saturated rings. The van der Waals surface area contributed by atoms with Crippen molar-refractivity contribution in [1.29, 1.82) is 5.26 Å². The summed E-state index contributed by atoms with van der Waals surface area (Å²) < 4.78 is 95.3. The summed E-state index contributed by atoms with van der Waals surface area (Å²) in [5, 5.41) is 21.6. The van der Waals surface area contributed by atoms with Crippen molar-refractivity contribution in [2.45, 2.75) is 37.4 Å². The van der Waals surface area contributed by atoms with Gasteiger partial charge in [0.1, 0.15) is 31.3 Å². The molecule has 0 aliphatic heterocycles. The highest BCUT2D eigenvalue weighted by Gasteiger charge is 2.27. The molecule has 0 unspecified atom stereocenters. The van der Waals surface area contributed by atoms with Crippen molar-refractivity contribution in [3.63, 3.8) is 0 Å². The smallest absolute Gasteiger partial charge is 0.405 e. The maximum Gasteiger partial charge on any atom is 0.405 e. The number of sulfonamides is 1. The fourth-order valence-corrected chi connectivity index (χ4v) is 8.34. The van der Waals surface area contributed by atoms with Gasteiger partial charge in [-0.05, 0) is 79.1 Å². The number of oxazole rings is 1. The number of halogens is 3. The van der Waals surface area contributed by atoms with Crippen molar-refractivity contribution in [2.75, 3.05) is 74.8 Å². The molecule has 0 aliphatic rings. The van der Waals surface area contributed by atoms with E-state index in [-0.39, 0.29) is 83.7 Å². The van der Waals surface area contributed by atoms with Gasteiger partial charge in [-0.15, -0.1) is 0 Å². The second-order valence-corrected chi connectivity index (χ2v) is 18.3. The number of H-pyrrole nitrogens is 1. The number of nitrogens with two attached hydrogens (primary N) is 1. The van der Waals surface area contributed by atoms with E-state index in [0.717, 1.165) is 11.8 Å². The van der Waals surface area contributed by atoms with E-state index in [9.17, 15) is 46.0 Å². The average molecular weight is 1070 g/mol. The van der Waals surface area contributed by atoms with Crippen LogP contribution in [0.3, 0.4) is 0 Å². The number of benzene rings is 3. The van der Waals surface area contributed by atoms with Gasteiger partial charge in [-0.25, -0.2) is 23.1 Å². The number of fused-ring (bicyclic) bond motifs is 1. The van der Waals surface area contributed by atoms with Crippen LogP contribution in [0.25, 0.3) is 28.0 Å².